The summed E-state index contributed by atoms with van der Waals surface area (Å²) < 4.78 is 0. The van der Waals surface area contributed by atoms with Gasteiger partial charge in [-0.05, 0) is 30.4 Å². The van der Waals surface area contributed by atoms with Crippen LogP contribution in [0, 0.1) is 16.7 Å². The average Bonchev–Trinajstić information content (AvgIpc) is 2.79. The van der Waals surface area contributed by atoms with Crippen molar-refractivity contribution < 1.29 is 9.59 Å². The first-order chi connectivity index (χ1) is 10.4. The van der Waals surface area contributed by atoms with Gasteiger partial charge in [0.1, 0.15) is 5.71 Å². The number of benzene rings is 1. The summed E-state index contributed by atoms with van der Waals surface area (Å²) in [7, 11) is 0. The van der Waals surface area contributed by atoms with Crippen LogP contribution in [-0.2, 0) is 4.79 Å². The van der Waals surface area contributed by atoms with Gasteiger partial charge >= 0.3 is 6.03 Å². The molecule has 116 valence electrons. The molecule has 3 rings (SSSR count). The van der Waals surface area contributed by atoms with Crippen molar-refractivity contribution in [3.63, 3.8) is 0 Å². The highest BCUT2D eigenvalue weighted by molar-refractivity contribution is 6.45. The van der Waals surface area contributed by atoms with Crippen LogP contribution in [0.4, 0.5) is 10.5 Å². The molecule has 0 heterocycles. The van der Waals surface area contributed by atoms with Crippen molar-refractivity contribution in [2.75, 3.05) is 5.32 Å². The second-order valence-corrected chi connectivity index (χ2v) is 6.90. The maximum atomic E-state index is 12.6. The molecule has 5 nitrogen and oxygen atoms in total. The molecule has 2 N–H and O–H groups in total. The Hall–Kier alpha value is -2.17. The highest BCUT2D eigenvalue weighted by Crippen LogP contribution is 2.62. The second kappa shape index (κ2) is 4.93. The van der Waals surface area contributed by atoms with E-state index in [0.29, 0.717) is 11.4 Å². The summed E-state index contributed by atoms with van der Waals surface area (Å²) in [6.45, 7) is 6.26. The Labute approximate surface area is 130 Å². The van der Waals surface area contributed by atoms with Crippen molar-refractivity contribution >= 4 is 23.2 Å². The summed E-state index contributed by atoms with van der Waals surface area (Å²) in [6.07, 6.45) is 1.86. The zero-order chi connectivity index (χ0) is 16.0. The molecule has 1 aromatic rings. The van der Waals surface area contributed by atoms with E-state index in [1.165, 1.54) is 0 Å². The summed E-state index contributed by atoms with van der Waals surface area (Å²) in [4.78, 5) is 24.5. The first-order valence-electron chi connectivity index (χ1n) is 7.61. The van der Waals surface area contributed by atoms with E-state index in [1.54, 1.807) is 12.1 Å². The zero-order valence-corrected chi connectivity index (χ0v) is 13.1. The third kappa shape index (κ3) is 2.03. The largest absolute Gasteiger partial charge is 0.339 e. The lowest BCUT2D eigenvalue weighted by Gasteiger charge is -2.31. The van der Waals surface area contributed by atoms with Crippen molar-refractivity contribution in [1.29, 1.82) is 0 Å². The van der Waals surface area contributed by atoms with Crippen molar-refractivity contribution in [2.24, 2.45) is 21.8 Å². The molecule has 2 aliphatic rings. The van der Waals surface area contributed by atoms with Gasteiger partial charge in [-0.3, -0.25) is 4.79 Å². The lowest BCUT2D eigenvalue weighted by molar-refractivity contribution is -0.123. The number of amides is 2. The fourth-order valence-corrected chi connectivity index (χ4v) is 3.75. The number of hydrazone groups is 1. The number of nitrogens with zero attached hydrogens (tertiary/aromatic N) is 1. The molecule has 22 heavy (non-hydrogen) atoms. The molecule has 0 unspecified atom stereocenters. The number of Topliss-reactive ketones (excluding diaryl/α,β-unsaturated/α-hetero) is 1. The molecular weight excluding hydrogens is 278 g/mol. The van der Waals surface area contributed by atoms with Gasteiger partial charge in [0.25, 0.3) is 0 Å². The topological polar surface area (TPSA) is 70.6 Å². The van der Waals surface area contributed by atoms with Gasteiger partial charge in [0.15, 0.2) is 5.78 Å². The van der Waals surface area contributed by atoms with E-state index in [-0.39, 0.29) is 22.5 Å². The van der Waals surface area contributed by atoms with Gasteiger partial charge in [0.2, 0.25) is 0 Å². The standard InChI is InChI=1S/C17H21N3O2/c1-16(2)12-9-10-17(16,3)14(21)13(12)19-20-15(22)18-11-7-5-4-6-8-11/h4-8,12H,9-10H2,1-3H3,(H2,18,20,22)/b19-13-/t12-,17+/m1/s1. The number of para-hydroxylation sites is 1. The summed E-state index contributed by atoms with van der Waals surface area (Å²) >= 11 is 0. The van der Waals surface area contributed by atoms with Gasteiger partial charge in [-0.25, -0.2) is 10.2 Å². The molecule has 0 radical (unpaired) electrons. The fourth-order valence-electron chi connectivity index (χ4n) is 3.75. The van der Waals surface area contributed by atoms with Crippen LogP contribution >= 0.6 is 0 Å². The number of carbonyl (C=O) groups is 2. The number of urea groups is 1. The first kappa shape index (κ1) is 14.8. The highest BCUT2D eigenvalue weighted by Gasteiger charge is 2.65. The van der Waals surface area contributed by atoms with Crippen molar-refractivity contribution in [1.82, 2.24) is 5.43 Å². The number of carbonyl (C=O) groups excluding carboxylic acids is 2. The summed E-state index contributed by atoms with van der Waals surface area (Å²) in [5.41, 5.74) is 3.21. The lowest BCUT2D eigenvalue weighted by atomic mass is 9.70. The molecule has 2 bridgehead atoms. The Morgan fingerprint density at radius 1 is 1.23 bits per heavy atom. The first-order valence-corrected chi connectivity index (χ1v) is 7.61. The van der Waals surface area contributed by atoms with Gasteiger partial charge in [-0.2, -0.15) is 5.10 Å². The van der Waals surface area contributed by atoms with Crippen molar-refractivity contribution in [2.45, 2.75) is 33.6 Å². The van der Waals surface area contributed by atoms with Crippen LogP contribution in [-0.4, -0.2) is 17.5 Å². The lowest BCUT2D eigenvalue weighted by Crippen LogP contribution is -2.34. The monoisotopic (exact) mass is 299 g/mol. The van der Waals surface area contributed by atoms with E-state index >= 15 is 0 Å². The molecule has 0 spiro atoms. The number of hydrogen-bond acceptors (Lipinski definition) is 3. The van der Waals surface area contributed by atoms with Gasteiger partial charge in [0, 0.05) is 17.0 Å². The SMILES string of the molecule is CC1(C)[C@@H]2CC[C@@]1(C)C(=O)/C2=N\NC(=O)Nc1ccccc1. The molecular formula is C17H21N3O2. The Kier molecular flexibility index (Phi) is 3.31. The molecule has 1 aromatic carbocycles. The minimum atomic E-state index is -0.433. The normalized spacial score (nSPS) is 30.6. The molecule has 2 amide bonds. The van der Waals surface area contributed by atoms with E-state index in [0.717, 1.165) is 12.8 Å². The molecule has 0 aromatic heterocycles. The van der Waals surface area contributed by atoms with Gasteiger partial charge in [-0.15, -0.1) is 0 Å². The molecule has 2 atom stereocenters. The second-order valence-electron chi connectivity index (χ2n) is 6.90. The third-order valence-electron chi connectivity index (χ3n) is 5.60. The summed E-state index contributed by atoms with van der Waals surface area (Å²) in [5, 5.41) is 6.82. The van der Waals surface area contributed by atoms with Gasteiger partial charge in [0.05, 0.1) is 0 Å². The Morgan fingerprint density at radius 2 is 1.91 bits per heavy atom. The molecule has 2 saturated carbocycles. The number of anilines is 1. The molecule has 0 aliphatic heterocycles. The van der Waals surface area contributed by atoms with Gasteiger partial charge < -0.3 is 5.32 Å². The quantitative estimate of drug-likeness (QED) is 0.823. The highest BCUT2D eigenvalue weighted by atomic mass is 16.2. The number of rotatable bonds is 2. The van der Waals surface area contributed by atoms with E-state index in [9.17, 15) is 9.59 Å². The predicted molar refractivity (Wildman–Crippen MR) is 85.7 cm³/mol. The maximum absolute atomic E-state index is 12.6. The molecule has 0 saturated heterocycles. The number of fused-ring (bicyclic) bond motifs is 2. The minimum absolute atomic E-state index is 0.0776. The van der Waals surface area contributed by atoms with Crippen LogP contribution in [0.5, 0.6) is 0 Å². The van der Waals surface area contributed by atoms with Crippen LogP contribution < -0.4 is 10.7 Å². The van der Waals surface area contributed by atoms with Crippen molar-refractivity contribution in [3.05, 3.63) is 30.3 Å². The summed E-state index contributed by atoms with van der Waals surface area (Å²) in [6, 6.07) is 8.70. The van der Waals surface area contributed by atoms with Crippen LogP contribution in [0.2, 0.25) is 0 Å². The van der Waals surface area contributed by atoms with E-state index < -0.39 is 6.03 Å². The molecule has 2 aliphatic carbocycles. The van der Waals surface area contributed by atoms with Crippen LogP contribution in [0.15, 0.2) is 35.4 Å². The zero-order valence-electron chi connectivity index (χ0n) is 13.1. The smallest absolute Gasteiger partial charge is 0.307 e. The van der Waals surface area contributed by atoms with E-state index in [1.807, 2.05) is 25.1 Å². The van der Waals surface area contributed by atoms with Crippen molar-refractivity contribution in [3.8, 4) is 0 Å². The average molecular weight is 299 g/mol. The predicted octanol–water partition coefficient (Wildman–Crippen LogP) is 3.19. The summed E-state index contributed by atoms with van der Waals surface area (Å²) in [5.74, 6) is 0.204. The van der Waals surface area contributed by atoms with Crippen LogP contribution in [0.1, 0.15) is 33.6 Å². The number of nitrogens with one attached hydrogen (secondary N) is 2. The molecule has 2 fully saturated rings. The Balaban J connectivity index is 1.72. The fraction of sp³-hybridized carbons (Fsp3) is 0.471. The Bertz CT molecular complexity index is 651. The number of hydrogen-bond donors (Lipinski definition) is 2. The Morgan fingerprint density at radius 3 is 2.50 bits per heavy atom. The number of ketones is 1. The maximum Gasteiger partial charge on any atom is 0.339 e. The minimum Gasteiger partial charge on any atom is -0.307 e. The van der Waals surface area contributed by atoms with Crippen LogP contribution in [0.3, 0.4) is 0 Å². The van der Waals surface area contributed by atoms with Crippen LogP contribution in [0.25, 0.3) is 0 Å². The van der Waals surface area contributed by atoms with Gasteiger partial charge in [-0.1, -0.05) is 39.0 Å². The molecule has 5 heteroatoms. The van der Waals surface area contributed by atoms with E-state index in [4.69, 9.17) is 0 Å². The van der Waals surface area contributed by atoms with E-state index in [2.05, 4.69) is 29.7 Å². The third-order valence-corrected chi connectivity index (χ3v) is 5.60.